The molecule has 0 bridgehead atoms. The van der Waals surface area contributed by atoms with Gasteiger partial charge < -0.3 is 70.5 Å². The summed E-state index contributed by atoms with van der Waals surface area (Å²) in [5, 5.41) is 18.8. The summed E-state index contributed by atoms with van der Waals surface area (Å²) in [6, 6.07) is 54.9. The van der Waals surface area contributed by atoms with Gasteiger partial charge >= 0.3 is 0 Å². The molecule has 5 N–H and O–H groups in total. The predicted molar refractivity (Wildman–Crippen MR) is 514 cm³/mol. The van der Waals surface area contributed by atoms with Crippen LogP contribution in [0.15, 0.2) is 146 Å². The van der Waals surface area contributed by atoms with Crippen LogP contribution in [-0.2, 0) is 0 Å². The maximum atomic E-state index is 14.1. The Morgan fingerprint density at radius 1 is 0.407 bits per heavy atom. The lowest BCUT2D eigenvalue weighted by atomic mass is 10.00. The van der Waals surface area contributed by atoms with Gasteiger partial charge in [0.2, 0.25) is 0 Å². The van der Waals surface area contributed by atoms with Crippen molar-refractivity contribution in [3.8, 4) is 5.75 Å². The van der Waals surface area contributed by atoms with Crippen molar-refractivity contribution < 1.29 is 9.13 Å². The molecule has 6 heterocycles. The van der Waals surface area contributed by atoms with Gasteiger partial charge in [-0.05, 0) is 239 Å². The Morgan fingerprint density at radius 2 is 0.771 bits per heavy atom. The largest absolute Gasteiger partial charge is 0.492 e. The van der Waals surface area contributed by atoms with Crippen LogP contribution < -0.4 is 60.7 Å². The lowest BCUT2D eigenvalue weighted by Gasteiger charge is -2.36. The zero-order valence-electron chi connectivity index (χ0n) is 77.4. The molecule has 0 amide bonds. The number of ether oxygens (including phenoxy) is 1. The van der Waals surface area contributed by atoms with E-state index in [1.54, 1.807) is 6.07 Å². The number of rotatable bonds is 20. The van der Waals surface area contributed by atoms with Gasteiger partial charge in [-0.2, -0.15) is 0 Å². The van der Waals surface area contributed by atoms with E-state index in [1.165, 1.54) is 93.3 Å². The van der Waals surface area contributed by atoms with Crippen molar-refractivity contribution in [2.75, 3.05) is 188 Å². The van der Waals surface area contributed by atoms with Crippen molar-refractivity contribution in [2.45, 2.75) is 230 Å². The van der Waals surface area contributed by atoms with Crippen molar-refractivity contribution in [3.63, 3.8) is 0 Å². The van der Waals surface area contributed by atoms with Crippen molar-refractivity contribution in [2.24, 2.45) is 0 Å². The third-order valence-corrected chi connectivity index (χ3v) is 24.6. The average molecular weight is 1660 g/mol. The summed E-state index contributed by atoms with van der Waals surface area (Å²) in [6.45, 7) is 69.2. The number of nitrogens with zero attached hydrogens (tertiary/aromatic N) is 8. The molecule has 13 rings (SSSR count). The fourth-order valence-electron chi connectivity index (χ4n) is 15.9. The molecule has 7 aromatic carbocycles. The van der Waals surface area contributed by atoms with Gasteiger partial charge in [-0.1, -0.05) is 201 Å². The minimum absolute atomic E-state index is 0.0923. The number of anilines is 6. The molecule has 0 aromatic heterocycles. The summed E-state index contributed by atoms with van der Waals surface area (Å²) >= 11 is 12.8. The summed E-state index contributed by atoms with van der Waals surface area (Å²) in [5.41, 5.74) is 18.0. The highest BCUT2D eigenvalue weighted by atomic mass is 35.5. The second-order valence-corrected chi connectivity index (χ2v) is 36.8. The standard InChI is InChI=1S/C16H26N2.C15H25NO.2C14H21ClN2.C14H21FN2.2C14H22N2/c1-13(2)14-5-7-16(8-6-14)18-11-9-15(10-12-18)17(3)4;1-5-16(6-2)11-12-17-15-9-7-14(8-10-15)13(3)4;3*1-10(2)12-4-5-14(13(15)8-12)17-7-6-16-11(3)9-17;1-11(2)13-4-6-14(7-5-13)16-9-8-15-10-12(16)3;1-11(2)13-4-5-14(12(3)10-13)16-8-6-15-7-9-16/h5-8,13,15H,9-12H2,1-4H3;7-10,13H,5-6,11-12H2,1-4H3;3*4-5,8,10-11,16H,6-7,9H2,1-3H3;4-7,11-12,15H,8-10H2,1-3H3;4-5,10-11,15H,6-9H2,1-3H3/t;;11-;;11-;12-;/m..0.11./s1. The van der Waals surface area contributed by atoms with Crippen molar-refractivity contribution in [3.05, 3.63) is 206 Å². The van der Waals surface area contributed by atoms with E-state index in [2.05, 4.69) is 353 Å². The van der Waals surface area contributed by atoms with E-state index in [0.29, 0.717) is 65.6 Å². The second-order valence-electron chi connectivity index (χ2n) is 36.0. The fraction of sp³-hybridized carbons (Fsp3) is 0.584. The van der Waals surface area contributed by atoms with Gasteiger partial charge in [-0.15, -0.1) is 0 Å². The first-order valence-electron chi connectivity index (χ1n) is 45.3. The molecule has 0 spiro atoms. The van der Waals surface area contributed by atoms with Gasteiger partial charge in [0.1, 0.15) is 18.2 Å². The van der Waals surface area contributed by atoms with Crippen LogP contribution in [0.4, 0.5) is 38.5 Å². The number of piperidine rings is 1. The Bertz CT molecular complexity index is 3770. The van der Waals surface area contributed by atoms with E-state index in [9.17, 15) is 4.39 Å². The molecule has 118 heavy (non-hydrogen) atoms. The molecule has 6 aliphatic rings. The van der Waals surface area contributed by atoms with Crippen LogP contribution in [0, 0.1) is 12.7 Å². The molecule has 14 nitrogen and oxygen atoms in total. The summed E-state index contributed by atoms with van der Waals surface area (Å²) in [7, 11) is 4.38. The molecule has 0 saturated carbocycles. The van der Waals surface area contributed by atoms with Crippen molar-refractivity contribution >= 4 is 57.3 Å². The van der Waals surface area contributed by atoms with Gasteiger partial charge in [0.05, 0.1) is 27.1 Å². The topological polar surface area (TPSA) is 95.3 Å². The van der Waals surface area contributed by atoms with Crippen LogP contribution in [-0.4, -0.2) is 198 Å². The van der Waals surface area contributed by atoms with Crippen LogP contribution in [0.3, 0.4) is 0 Å². The number of likely N-dealkylation sites (N-methyl/N-ethyl adjacent to an activating group) is 1. The maximum absolute atomic E-state index is 14.1. The second kappa shape index (κ2) is 50.7. The van der Waals surface area contributed by atoms with Gasteiger partial charge in [0.25, 0.3) is 0 Å². The van der Waals surface area contributed by atoms with Crippen LogP contribution in [0.5, 0.6) is 5.75 Å². The van der Waals surface area contributed by atoms with Crippen LogP contribution in [0.25, 0.3) is 0 Å². The molecule has 0 radical (unpaired) electrons. The molecule has 654 valence electrons. The number of benzene rings is 7. The Balaban J connectivity index is 0.000000190. The molecule has 0 aliphatic carbocycles. The van der Waals surface area contributed by atoms with Gasteiger partial charge in [-0.25, -0.2) is 4.39 Å². The smallest absolute Gasteiger partial charge is 0.146 e. The first-order valence-corrected chi connectivity index (χ1v) is 46.0. The van der Waals surface area contributed by atoms with Gasteiger partial charge in [0, 0.05) is 172 Å². The van der Waals surface area contributed by atoms with Crippen LogP contribution >= 0.6 is 23.2 Å². The van der Waals surface area contributed by atoms with E-state index < -0.39 is 0 Å². The Labute approximate surface area is 727 Å². The third kappa shape index (κ3) is 32.0. The number of nitrogens with one attached hydrogen (secondary N) is 5. The van der Waals surface area contributed by atoms with E-state index in [1.807, 2.05) is 12.1 Å². The SMILES string of the molecule is CC(C)c1ccc(N2CCC(N(C)C)CC2)cc1.CC(C)c1ccc(N2CCNC[C@H]2C)cc1.CC(C)c1ccc(N2CCN[C@@H](C)C2)c(Cl)c1.CC(C)c1ccc(N2CCN[C@H](C)C2)c(F)c1.CC1CN(c2ccc(C(C)C)cc2Cl)CCN1.CCN(CC)CCOc1ccc(C(C)C)cc1.Cc1cc(C(C)C)ccc1N1CCNCC1. The number of piperazine rings is 5. The molecule has 6 fully saturated rings. The normalized spacial score (nSPS) is 18.6. The predicted octanol–water partition coefficient (Wildman–Crippen LogP) is 21.3. The minimum atomic E-state index is -0.0923. The highest BCUT2D eigenvalue weighted by molar-refractivity contribution is 6.33. The number of hydrogen-bond acceptors (Lipinski definition) is 14. The van der Waals surface area contributed by atoms with Crippen LogP contribution in [0.2, 0.25) is 10.0 Å². The monoisotopic (exact) mass is 1660 g/mol. The van der Waals surface area contributed by atoms with Crippen molar-refractivity contribution in [1.82, 2.24) is 36.4 Å². The van der Waals surface area contributed by atoms with Gasteiger partial charge in [-0.3, -0.25) is 0 Å². The molecule has 6 aliphatic heterocycles. The summed E-state index contributed by atoms with van der Waals surface area (Å²) in [6.07, 6.45) is 2.55. The third-order valence-electron chi connectivity index (χ3n) is 24.0. The maximum Gasteiger partial charge on any atom is 0.146 e. The summed E-state index contributed by atoms with van der Waals surface area (Å²) < 4.78 is 19.8. The zero-order chi connectivity index (χ0) is 86.1. The molecule has 17 heteroatoms. The van der Waals surface area contributed by atoms with E-state index in [-0.39, 0.29) is 5.82 Å². The molecule has 6 saturated heterocycles. The summed E-state index contributed by atoms with van der Waals surface area (Å²) in [5.74, 6) is 4.77. The number of halogens is 3. The average Bonchev–Trinajstić information content (AvgIpc) is 0.787. The fourth-order valence-corrected chi connectivity index (χ4v) is 16.6. The lowest BCUT2D eigenvalue weighted by Crippen LogP contribution is -2.49. The summed E-state index contributed by atoms with van der Waals surface area (Å²) in [4.78, 5) is 19.1. The molecule has 1 unspecified atom stereocenters. The highest BCUT2D eigenvalue weighted by Gasteiger charge is 2.25. The number of hydrogen-bond donors (Lipinski definition) is 5. The minimum Gasteiger partial charge on any atom is -0.492 e. The Hall–Kier alpha value is -6.63. The van der Waals surface area contributed by atoms with E-state index >= 15 is 0 Å². The molecular weight excluding hydrogens is 1500 g/mol. The van der Waals surface area contributed by atoms with Crippen molar-refractivity contribution in [1.29, 1.82) is 0 Å². The quantitative estimate of drug-likeness (QED) is 0.0501. The lowest BCUT2D eigenvalue weighted by molar-refractivity contribution is 0.223. The zero-order valence-corrected chi connectivity index (χ0v) is 78.9. The molecule has 4 atom stereocenters. The van der Waals surface area contributed by atoms with E-state index in [0.717, 1.165) is 164 Å². The van der Waals surface area contributed by atoms with Crippen LogP contribution in [0.1, 0.15) is 237 Å². The Kier molecular flexibility index (Phi) is 42.3. The first-order chi connectivity index (χ1) is 56.3. The highest BCUT2D eigenvalue weighted by Crippen LogP contribution is 2.34. The first kappa shape index (κ1) is 98.5. The Morgan fingerprint density at radius 3 is 1.15 bits per heavy atom. The number of aryl methyl sites for hydroxylation is 1. The molecule has 7 aromatic rings. The van der Waals surface area contributed by atoms with Gasteiger partial charge in [0.15, 0.2) is 0 Å². The molecular formula is C101H158Cl2FN13O. The van der Waals surface area contributed by atoms with E-state index in [4.69, 9.17) is 27.9 Å².